The van der Waals surface area contributed by atoms with Crippen LogP contribution in [0.4, 0.5) is 0 Å². The van der Waals surface area contributed by atoms with Crippen LogP contribution in [-0.4, -0.2) is 71.0 Å². The van der Waals surface area contributed by atoms with Crippen LogP contribution >= 0.6 is 0 Å². The van der Waals surface area contributed by atoms with E-state index in [2.05, 4.69) is 20.4 Å². The van der Waals surface area contributed by atoms with Crippen LogP contribution in [0.1, 0.15) is 35.1 Å². The smallest absolute Gasteiger partial charge is 0.258 e. The van der Waals surface area contributed by atoms with Gasteiger partial charge >= 0.3 is 0 Å². The molecule has 3 rings (SSSR count). The van der Waals surface area contributed by atoms with Gasteiger partial charge in [-0.1, -0.05) is 5.16 Å². The van der Waals surface area contributed by atoms with Gasteiger partial charge in [-0.3, -0.25) is 9.69 Å². The number of nitrogens with zero attached hydrogens (tertiary/aromatic N) is 3. The summed E-state index contributed by atoms with van der Waals surface area (Å²) < 4.78 is 10.6. The van der Waals surface area contributed by atoms with Gasteiger partial charge in [0.15, 0.2) is 0 Å². The Labute approximate surface area is 152 Å². The summed E-state index contributed by atoms with van der Waals surface area (Å²) >= 11 is 0. The fourth-order valence-electron chi connectivity index (χ4n) is 3.33. The predicted molar refractivity (Wildman–Crippen MR) is 96.1 cm³/mol. The third-order valence-electron chi connectivity index (χ3n) is 4.72. The number of fused-ring (bicyclic) bond motifs is 1. The van der Waals surface area contributed by atoms with E-state index in [0.29, 0.717) is 54.2 Å². The molecule has 0 spiro atoms. The molecule has 0 aromatic carbocycles. The number of rotatable bonds is 6. The largest absolute Gasteiger partial charge is 0.391 e. The Balaban J connectivity index is 1.73. The molecule has 0 radical (unpaired) electrons. The minimum Gasteiger partial charge on any atom is -0.391 e. The van der Waals surface area contributed by atoms with Crippen LogP contribution in [-0.2, 0) is 4.74 Å². The fourth-order valence-corrected chi connectivity index (χ4v) is 3.33. The van der Waals surface area contributed by atoms with Gasteiger partial charge in [0.1, 0.15) is 0 Å². The number of amides is 1. The number of aromatic nitrogens is 2. The number of nitrogens with one attached hydrogen (secondary N) is 1. The van der Waals surface area contributed by atoms with E-state index in [4.69, 9.17) is 9.26 Å². The molecule has 142 valence electrons. The van der Waals surface area contributed by atoms with E-state index in [9.17, 15) is 9.90 Å². The monoisotopic (exact) mass is 362 g/mol. The van der Waals surface area contributed by atoms with Crippen LogP contribution in [0.3, 0.4) is 0 Å². The second-order valence-corrected chi connectivity index (χ2v) is 6.69. The molecular formula is C18H26N4O4. The topological polar surface area (TPSA) is 101 Å². The molecule has 1 aliphatic rings. The molecule has 8 nitrogen and oxygen atoms in total. The van der Waals surface area contributed by atoms with Gasteiger partial charge in [-0.15, -0.1) is 0 Å². The summed E-state index contributed by atoms with van der Waals surface area (Å²) in [6, 6.07) is 1.39. The van der Waals surface area contributed by atoms with Crippen molar-refractivity contribution in [3.63, 3.8) is 0 Å². The number of hydrogen-bond acceptors (Lipinski definition) is 7. The number of aliphatic hydroxyl groups excluding tert-OH is 1. The SMILES string of the molecule is CCOCCN1CC[C@H](O)[C@H](NC(=O)c2cc(C)nc3onc(C)c23)C1. The summed E-state index contributed by atoms with van der Waals surface area (Å²) in [7, 11) is 0. The molecule has 3 heterocycles. The molecule has 2 N–H and O–H groups in total. The van der Waals surface area contributed by atoms with E-state index >= 15 is 0 Å². The van der Waals surface area contributed by atoms with Crippen molar-refractivity contribution >= 4 is 17.0 Å². The number of pyridine rings is 1. The normalized spacial score (nSPS) is 21.2. The average molecular weight is 362 g/mol. The molecule has 0 bridgehead atoms. The molecule has 1 aliphatic heterocycles. The molecule has 8 heteroatoms. The lowest BCUT2D eigenvalue weighted by Gasteiger charge is -2.36. The van der Waals surface area contributed by atoms with Crippen LogP contribution < -0.4 is 5.32 Å². The number of aliphatic hydroxyl groups is 1. The first-order valence-corrected chi connectivity index (χ1v) is 9.02. The summed E-state index contributed by atoms with van der Waals surface area (Å²) in [5.74, 6) is -0.248. The molecule has 0 unspecified atom stereocenters. The summed E-state index contributed by atoms with van der Waals surface area (Å²) in [5, 5.41) is 17.8. The maximum atomic E-state index is 12.9. The molecular weight excluding hydrogens is 336 g/mol. The maximum Gasteiger partial charge on any atom is 0.258 e. The minimum absolute atomic E-state index is 0.248. The molecule has 2 aromatic heterocycles. The van der Waals surface area contributed by atoms with E-state index < -0.39 is 6.10 Å². The Bertz CT molecular complexity index is 776. The van der Waals surface area contributed by atoms with Crippen LogP contribution in [0.15, 0.2) is 10.6 Å². The van der Waals surface area contributed by atoms with Gasteiger partial charge in [0, 0.05) is 31.9 Å². The van der Waals surface area contributed by atoms with Crippen LogP contribution in [0.2, 0.25) is 0 Å². The summed E-state index contributed by atoms with van der Waals surface area (Å²) in [5.41, 5.74) is 2.14. The van der Waals surface area contributed by atoms with Crippen LogP contribution in [0, 0.1) is 13.8 Å². The second kappa shape index (κ2) is 8.11. The summed E-state index contributed by atoms with van der Waals surface area (Å²) in [4.78, 5) is 19.4. The van der Waals surface area contributed by atoms with Crippen molar-refractivity contribution in [1.29, 1.82) is 0 Å². The van der Waals surface area contributed by atoms with E-state index in [1.807, 2.05) is 6.92 Å². The zero-order chi connectivity index (χ0) is 18.7. The van der Waals surface area contributed by atoms with Gasteiger partial charge in [0.05, 0.1) is 35.4 Å². The molecule has 2 atom stereocenters. The lowest BCUT2D eigenvalue weighted by atomic mass is 10.0. The zero-order valence-corrected chi connectivity index (χ0v) is 15.5. The van der Waals surface area contributed by atoms with Gasteiger partial charge in [-0.25, -0.2) is 4.98 Å². The van der Waals surface area contributed by atoms with Crippen molar-refractivity contribution in [3.8, 4) is 0 Å². The van der Waals surface area contributed by atoms with Crippen molar-refractivity contribution < 1.29 is 19.2 Å². The van der Waals surface area contributed by atoms with Gasteiger partial charge < -0.3 is 19.7 Å². The second-order valence-electron chi connectivity index (χ2n) is 6.69. The van der Waals surface area contributed by atoms with Crippen molar-refractivity contribution in [2.45, 2.75) is 39.3 Å². The first-order valence-electron chi connectivity index (χ1n) is 9.02. The molecule has 1 fully saturated rings. The van der Waals surface area contributed by atoms with Crippen molar-refractivity contribution in [2.24, 2.45) is 0 Å². The Kier molecular flexibility index (Phi) is 5.85. The maximum absolute atomic E-state index is 12.9. The van der Waals surface area contributed by atoms with Crippen molar-refractivity contribution in [2.75, 3.05) is 32.8 Å². The highest BCUT2D eigenvalue weighted by Crippen LogP contribution is 2.22. The number of ether oxygens (including phenoxy) is 1. The van der Waals surface area contributed by atoms with Gasteiger partial charge in [-0.2, -0.15) is 0 Å². The van der Waals surface area contributed by atoms with E-state index in [0.717, 1.165) is 13.1 Å². The summed E-state index contributed by atoms with van der Waals surface area (Å²) in [6.07, 6.45) is 0.0537. The quantitative estimate of drug-likeness (QED) is 0.741. The molecule has 26 heavy (non-hydrogen) atoms. The Morgan fingerprint density at radius 2 is 2.31 bits per heavy atom. The van der Waals surface area contributed by atoms with Gasteiger partial charge in [0.2, 0.25) is 0 Å². The Hall–Kier alpha value is -2.03. The highest BCUT2D eigenvalue weighted by molar-refractivity contribution is 6.06. The highest BCUT2D eigenvalue weighted by Gasteiger charge is 2.30. The molecule has 2 aromatic rings. The standard InChI is InChI=1S/C18H26N4O4/c1-4-25-8-7-22-6-5-15(23)14(10-22)20-17(24)13-9-11(2)19-18-16(13)12(3)21-26-18/h9,14-15,23H,4-8,10H2,1-3H3,(H,20,24)/t14-,15+/m1/s1. The van der Waals surface area contributed by atoms with Crippen LogP contribution in [0.5, 0.6) is 0 Å². The minimum atomic E-state index is -0.565. The number of piperidine rings is 1. The van der Waals surface area contributed by atoms with Gasteiger partial charge in [0.25, 0.3) is 11.6 Å². The Morgan fingerprint density at radius 3 is 3.08 bits per heavy atom. The highest BCUT2D eigenvalue weighted by atomic mass is 16.5. The third kappa shape index (κ3) is 4.03. The lowest BCUT2D eigenvalue weighted by molar-refractivity contribution is 0.0309. The molecule has 0 saturated carbocycles. The summed E-state index contributed by atoms with van der Waals surface area (Å²) in [6.45, 7) is 9.07. The molecule has 1 saturated heterocycles. The zero-order valence-electron chi connectivity index (χ0n) is 15.5. The van der Waals surface area contributed by atoms with E-state index in [-0.39, 0.29) is 11.9 Å². The lowest BCUT2D eigenvalue weighted by Crippen LogP contribution is -2.55. The number of carbonyl (C=O) groups is 1. The fraction of sp³-hybridized carbons (Fsp3) is 0.611. The van der Waals surface area contributed by atoms with Crippen molar-refractivity contribution in [3.05, 3.63) is 23.0 Å². The molecule has 1 amide bonds. The number of hydrogen-bond donors (Lipinski definition) is 2. The predicted octanol–water partition coefficient (Wildman–Crippen LogP) is 1.04. The number of likely N-dealkylation sites (tertiary alicyclic amines) is 1. The molecule has 0 aliphatic carbocycles. The average Bonchev–Trinajstić information content (AvgIpc) is 2.98. The first-order chi connectivity index (χ1) is 12.5. The first kappa shape index (κ1) is 18.8. The van der Waals surface area contributed by atoms with E-state index in [1.165, 1.54) is 0 Å². The number of aryl methyl sites for hydroxylation is 2. The Morgan fingerprint density at radius 1 is 1.50 bits per heavy atom. The third-order valence-corrected chi connectivity index (χ3v) is 4.72. The van der Waals surface area contributed by atoms with Crippen molar-refractivity contribution in [1.82, 2.24) is 20.4 Å². The van der Waals surface area contributed by atoms with Crippen LogP contribution in [0.25, 0.3) is 11.1 Å². The number of carbonyl (C=O) groups excluding carboxylic acids is 1. The van der Waals surface area contributed by atoms with E-state index in [1.54, 1.807) is 19.9 Å². The van der Waals surface area contributed by atoms with Gasteiger partial charge in [-0.05, 0) is 33.3 Å².